The normalized spacial score (nSPS) is 20.2. The van der Waals surface area contributed by atoms with E-state index in [0.717, 1.165) is 16.7 Å². The van der Waals surface area contributed by atoms with Crippen LogP contribution in [0.2, 0.25) is 0 Å². The Morgan fingerprint density at radius 1 is 0.978 bits per heavy atom. The number of cyclic esters (lactones) is 1. The number of hydrogen-bond acceptors (Lipinski definition) is 8. The molecule has 2 atom stereocenters. The van der Waals surface area contributed by atoms with E-state index >= 15 is 0 Å². The van der Waals surface area contributed by atoms with E-state index in [4.69, 9.17) is 14.2 Å². The third-order valence-corrected chi connectivity index (χ3v) is 9.03. The first kappa shape index (κ1) is 30.0. The number of β-lactam (4-membered cyclic amide) rings is 1. The first-order valence-corrected chi connectivity index (χ1v) is 15.4. The lowest BCUT2D eigenvalue weighted by atomic mass is 10.00. The molecule has 2 amide bonds. The molecular formula is C35H30N2O7S. The van der Waals surface area contributed by atoms with E-state index in [1.165, 1.54) is 23.8 Å². The van der Waals surface area contributed by atoms with Crippen molar-refractivity contribution in [2.45, 2.75) is 30.9 Å². The molecule has 0 aromatic heterocycles. The molecule has 3 aromatic rings. The molecule has 0 bridgehead atoms. The number of fused-ring (bicyclic) bond motifs is 1. The molecule has 0 spiro atoms. The monoisotopic (exact) mass is 622 g/mol. The number of benzene rings is 3. The minimum Gasteiger partial charge on any atom is -0.492 e. The summed E-state index contributed by atoms with van der Waals surface area (Å²) in [5.41, 5.74) is 3.08. The van der Waals surface area contributed by atoms with Crippen LogP contribution in [0.15, 0.2) is 125 Å². The smallest absolute Gasteiger partial charge is 0.356 e. The Labute approximate surface area is 264 Å². The summed E-state index contributed by atoms with van der Waals surface area (Å²) in [4.78, 5) is 54.4. The molecule has 0 saturated carbocycles. The van der Waals surface area contributed by atoms with Gasteiger partial charge in [0, 0.05) is 5.75 Å². The molecule has 1 fully saturated rings. The van der Waals surface area contributed by atoms with Crippen molar-refractivity contribution in [3.8, 4) is 0 Å². The zero-order chi connectivity index (χ0) is 31.5. The van der Waals surface area contributed by atoms with Crippen molar-refractivity contribution >= 4 is 35.5 Å². The number of ether oxygens (including phenoxy) is 3. The van der Waals surface area contributed by atoms with Crippen molar-refractivity contribution in [1.29, 1.82) is 0 Å². The third kappa shape index (κ3) is 6.01. The van der Waals surface area contributed by atoms with Gasteiger partial charge in [0.05, 0.1) is 19.1 Å². The van der Waals surface area contributed by atoms with Gasteiger partial charge in [-0.1, -0.05) is 91.0 Å². The minimum atomic E-state index is -0.816. The van der Waals surface area contributed by atoms with Crippen LogP contribution in [0.3, 0.4) is 0 Å². The predicted octanol–water partition coefficient (Wildman–Crippen LogP) is 4.58. The summed E-state index contributed by atoms with van der Waals surface area (Å²) in [7, 11) is 1.43. The highest BCUT2D eigenvalue weighted by atomic mass is 32.2. The van der Waals surface area contributed by atoms with Crippen molar-refractivity contribution in [2.75, 3.05) is 12.9 Å². The molecule has 9 nitrogen and oxygen atoms in total. The average molecular weight is 623 g/mol. The number of thioether (sulfide) groups is 1. The molecular weight excluding hydrogens is 592 g/mol. The number of carbonyl (C=O) groups is 4. The van der Waals surface area contributed by atoms with Gasteiger partial charge >= 0.3 is 11.9 Å². The second kappa shape index (κ2) is 12.9. The summed E-state index contributed by atoms with van der Waals surface area (Å²) in [6.07, 6.45) is 0.909. The molecule has 3 aliphatic rings. The molecule has 3 aromatic carbocycles. The van der Waals surface area contributed by atoms with E-state index < -0.39 is 35.4 Å². The summed E-state index contributed by atoms with van der Waals surface area (Å²) in [6.45, 7) is 1.59. The quantitative estimate of drug-likeness (QED) is 0.273. The van der Waals surface area contributed by atoms with Crippen LogP contribution in [0.4, 0.5) is 0 Å². The van der Waals surface area contributed by atoms with Crippen LogP contribution in [-0.2, 0) is 39.8 Å². The maximum atomic E-state index is 14.2. The third-order valence-electron chi connectivity index (χ3n) is 7.73. The van der Waals surface area contributed by atoms with Gasteiger partial charge in [-0.15, -0.1) is 11.8 Å². The van der Waals surface area contributed by atoms with Gasteiger partial charge in [-0.2, -0.15) is 0 Å². The number of nitrogens with zero attached hydrogens (tertiary/aromatic N) is 1. The van der Waals surface area contributed by atoms with Gasteiger partial charge in [0.25, 0.3) is 5.91 Å². The zero-order valence-corrected chi connectivity index (χ0v) is 25.4. The number of methoxy groups -OCH3 is 1. The second-order valence-corrected chi connectivity index (χ2v) is 11.8. The first-order chi connectivity index (χ1) is 21.9. The number of nitrogens with one attached hydrogen (secondary N) is 1. The number of carbonyl (C=O) groups excluding carboxylic acids is 4. The van der Waals surface area contributed by atoms with Crippen LogP contribution in [-0.4, -0.2) is 52.9 Å². The van der Waals surface area contributed by atoms with E-state index in [0.29, 0.717) is 11.1 Å². The van der Waals surface area contributed by atoms with E-state index in [2.05, 4.69) is 5.32 Å². The maximum Gasteiger partial charge on any atom is 0.356 e. The molecule has 10 heteroatoms. The molecule has 0 unspecified atom stereocenters. The molecule has 1 saturated heterocycles. The fourth-order valence-electron chi connectivity index (χ4n) is 5.50. The van der Waals surface area contributed by atoms with Gasteiger partial charge in [0.1, 0.15) is 17.1 Å². The lowest BCUT2D eigenvalue weighted by Crippen LogP contribution is -2.70. The SMILES string of the molecule is COC1=C(C)C(=O)OC1=CC1=C(C(=O)OC(c2ccccc2)c2ccccc2)N2C(=O)[C@@H](NC(=O)Cc3ccccc3)[C@@H]2SC1. The zero-order valence-electron chi connectivity index (χ0n) is 24.6. The first-order valence-electron chi connectivity index (χ1n) is 14.4. The van der Waals surface area contributed by atoms with Gasteiger partial charge < -0.3 is 19.5 Å². The van der Waals surface area contributed by atoms with Crippen LogP contribution < -0.4 is 5.32 Å². The molecule has 228 valence electrons. The number of hydrogen-bond donors (Lipinski definition) is 1. The van der Waals surface area contributed by atoms with Crippen molar-refractivity contribution in [3.63, 3.8) is 0 Å². The molecule has 1 N–H and O–H groups in total. The number of amides is 2. The van der Waals surface area contributed by atoms with Gasteiger partial charge in [0.15, 0.2) is 17.6 Å². The Morgan fingerprint density at radius 2 is 1.58 bits per heavy atom. The van der Waals surface area contributed by atoms with E-state index in [9.17, 15) is 19.2 Å². The van der Waals surface area contributed by atoms with E-state index in [1.807, 2.05) is 91.0 Å². The Balaban J connectivity index is 1.33. The number of rotatable bonds is 9. The van der Waals surface area contributed by atoms with Crippen LogP contribution in [0.1, 0.15) is 29.7 Å². The minimum absolute atomic E-state index is 0.0257. The Morgan fingerprint density at radius 3 is 2.18 bits per heavy atom. The van der Waals surface area contributed by atoms with Crippen LogP contribution >= 0.6 is 11.8 Å². The molecule has 3 aliphatic heterocycles. The van der Waals surface area contributed by atoms with Gasteiger partial charge in [0.2, 0.25) is 5.91 Å². The molecule has 6 rings (SSSR count). The Hall–Kier alpha value is -5.09. The summed E-state index contributed by atoms with van der Waals surface area (Å²) in [5, 5.41) is 2.32. The molecule has 0 radical (unpaired) electrons. The largest absolute Gasteiger partial charge is 0.492 e. The fraction of sp³-hybridized carbons (Fsp3) is 0.200. The predicted molar refractivity (Wildman–Crippen MR) is 167 cm³/mol. The molecule has 3 heterocycles. The maximum absolute atomic E-state index is 14.2. The topological polar surface area (TPSA) is 111 Å². The van der Waals surface area contributed by atoms with Crippen LogP contribution in [0.25, 0.3) is 0 Å². The average Bonchev–Trinajstić information content (AvgIpc) is 3.34. The Bertz CT molecular complexity index is 1700. The summed E-state index contributed by atoms with van der Waals surface area (Å²) in [6, 6.07) is 27.1. The number of esters is 2. The van der Waals surface area contributed by atoms with E-state index in [-0.39, 0.29) is 35.3 Å². The standard InChI is InChI=1S/C35H30N2O7S/c1-21-30(42-2)26(43-34(21)40)19-25-20-45-33-28(36-27(38)18-22-12-6-3-7-13-22)32(39)37(33)29(25)35(41)44-31(23-14-8-4-9-15-23)24-16-10-5-11-17-24/h3-17,19,28,31,33H,18,20H2,1-2H3,(H,36,38)/t28-,33+/m1/s1. The summed E-state index contributed by atoms with van der Waals surface area (Å²) in [5.74, 6) is -1.34. The lowest BCUT2D eigenvalue weighted by Gasteiger charge is -2.49. The van der Waals surface area contributed by atoms with Gasteiger partial charge in [-0.05, 0) is 35.3 Å². The van der Waals surface area contributed by atoms with Crippen molar-refractivity contribution in [1.82, 2.24) is 10.2 Å². The van der Waals surface area contributed by atoms with Crippen LogP contribution in [0.5, 0.6) is 0 Å². The van der Waals surface area contributed by atoms with Crippen molar-refractivity contribution in [3.05, 3.63) is 142 Å². The van der Waals surface area contributed by atoms with E-state index in [1.54, 1.807) is 13.0 Å². The summed E-state index contributed by atoms with van der Waals surface area (Å²) >= 11 is 1.39. The van der Waals surface area contributed by atoms with Gasteiger partial charge in [-0.25, -0.2) is 9.59 Å². The highest BCUT2D eigenvalue weighted by Crippen LogP contribution is 2.43. The van der Waals surface area contributed by atoms with Crippen molar-refractivity contribution < 1.29 is 33.4 Å². The van der Waals surface area contributed by atoms with Crippen molar-refractivity contribution in [2.24, 2.45) is 0 Å². The molecule has 0 aliphatic carbocycles. The van der Waals surface area contributed by atoms with Crippen LogP contribution in [0, 0.1) is 0 Å². The molecule has 45 heavy (non-hydrogen) atoms. The Kier molecular flexibility index (Phi) is 8.57. The summed E-state index contributed by atoms with van der Waals surface area (Å²) < 4.78 is 17.0. The number of allylic oxidation sites excluding steroid dienone is 1. The van der Waals surface area contributed by atoms with Gasteiger partial charge in [-0.3, -0.25) is 14.5 Å². The highest BCUT2D eigenvalue weighted by molar-refractivity contribution is 8.00. The fourth-order valence-corrected chi connectivity index (χ4v) is 6.81. The lowest BCUT2D eigenvalue weighted by molar-refractivity contribution is -0.154. The second-order valence-electron chi connectivity index (χ2n) is 10.7. The highest BCUT2D eigenvalue weighted by Gasteiger charge is 2.54.